The number of hydrogen-bond acceptors (Lipinski definition) is 0. The Morgan fingerprint density at radius 2 is 0.733 bits per heavy atom. The molecule has 0 bridgehead atoms. The Balaban J connectivity index is 1.31. The molecular formula is C42H27BrN2. The molecule has 0 spiro atoms. The van der Waals surface area contributed by atoms with Gasteiger partial charge in [0.25, 0.3) is 0 Å². The van der Waals surface area contributed by atoms with Crippen LogP contribution in [0, 0.1) is 0 Å². The second-order valence-electron chi connectivity index (χ2n) is 11.6. The first kappa shape index (κ1) is 26.1. The Labute approximate surface area is 269 Å². The molecule has 9 aromatic rings. The van der Waals surface area contributed by atoms with Crippen LogP contribution in [0.25, 0.3) is 77.2 Å². The summed E-state index contributed by atoms with van der Waals surface area (Å²) in [5, 5.41) is 5.00. The zero-order valence-electron chi connectivity index (χ0n) is 24.4. The van der Waals surface area contributed by atoms with Gasteiger partial charge in [0.05, 0.1) is 22.1 Å². The topological polar surface area (TPSA) is 9.86 Å². The van der Waals surface area contributed by atoms with Gasteiger partial charge in [-0.1, -0.05) is 113 Å². The van der Waals surface area contributed by atoms with Crippen LogP contribution in [0.1, 0.15) is 0 Å². The Hall–Kier alpha value is -5.38. The van der Waals surface area contributed by atoms with Crippen molar-refractivity contribution < 1.29 is 0 Å². The maximum Gasteiger partial charge on any atom is 0.0548 e. The second kappa shape index (κ2) is 10.4. The molecular weight excluding hydrogens is 612 g/mol. The Morgan fingerprint density at radius 3 is 1.33 bits per heavy atom. The molecule has 2 aromatic heterocycles. The van der Waals surface area contributed by atoms with E-state index in [4.69, 9.17) is 0 Å². The summed E-state index contributed by atoms with van der Waals surface area (Å²) >= 11 is 3.55. The molecule has 45 heavy (non-hydrogen) atoms. The van der Waals surface area contributed by atoms with E-state index in [1.807, 2.05) is 0 Å². The number of para-hydroxylation sites is 3. The van der Waals surface area contributed by atoms with E-state index in [0.29, 0.717) is 0 Å². The van der Waals surface area contributed by atoms with E-state index in [1.54, 1.807) is 0 Å². The molecule has 0 aliphatic carbocycles. The average molecular weight is 640 g/mol. The van der Waals surface area contributed by atoms with Crippen LogP contribution in [-0.4, -0.2) is 9.13 Å². The highest BCUT2D eigenvalue weighted by molar-refractivity contribution is 9.10. The lowest BCUT2D eigenvalue weighted by Gasteiger charge is -2.09. The van der Waals surface area contributed by atoms with Crippen molar-refractivity contribution >= 4 is 59.5 Å². The van der Waals surface area contributed by atoms with Gasteiger partial charge in [0.1, 0.15) is 0 Å². The quantitative estimate of drug-likeness (QED) is 0.181. The SMILES string of the molecule is Brc1ccc(-c2ccc(-c3ccc4c(c3)c3cc5c(cc3n4-c3ccccc3)c3ccccc3n5-c3ccccc3)cc2)cc1. The molecule has 2 nitrogen and oxygen atoms in total. The van der Waals surface area contributed by atoms with Gasteiger partial charge in [0, 0.05) is 37.4 Å². The maximum atomic E-state index is 3.55. The summed E-state index contributed by atoms with van der Waals surface area (Å²) in [6.07, 6.45) is 0. The normalized spacial score (nSPS) is 11.7. The molecule has 0 saturated carbocycles. The summed E-state index contributed by atoms with van der Waals surface area (Å²) < 4.78 is 5.91. The molecule has 0 amide bonds. The molecule has 0 saturated heterocycles. The van der Waals surface area contributed by atoms with Crippen molar-refractivity contribution in [2.75, 3.05) is 0 Å². The average Bonchev–Trinajstić information content (AvgIpc) is 3.60. The van der Waals surface area contributed by atoms with E-state index in [1.165, 1.54) is 71.6 Å². The number of rotatable bonds is 4. The summed E-state index contributed by atoms with van der Waals surface area (Å²) in [5.74, 6) is 0. The van der Waals surface area contributed by atoms with Crippen molar-refractivity contribution in [1.29, 1.82) is 0 Å². The van der Waals surface area contributed by atoms with Gasteiger partial charge in [-0.25, -0.2) is 0 Å². The first-order chi connectivity index (χ1) is 22.2. The largest absolute Gasteiger partial charge is 0.309 e. The molecule has 3 heteroatoms. The predicted molar refractivity (Wildman–Crippen MR) is 194 cm³/mol. The summed E-state index contributed by atoms with van der Waals surface area (Å²) in [6, 6.07) is 59.3. The van der Waals surface area contributed by atoms with E-state index in [-0.39, 0.29) is 0 Å². The minimum absolute atomic E-state index is 1.09. The Morgan fingerprint density at radius 1 is 0.311 bits per heavy atom. The monoisotopic (exact) mass is 638 g/mol. The van der Waals surface area contributed by atoms with Gasteiger partial charge in [0.2, 0.25) is 0 Å². The van der Waals surface area contributed by atoms with Crippen molar-refractivity contribution in [3.8, 4) is 33.6 Å². The number of benzene rings is 7. The number of fused-ring (bicyclic) bond motifs is 6. The smallest absolute Gasteiger partial charge is 0.0548 e. The third kappa shape index (κ3) is 4.23. The highest BCUT2D eigenvalue weighted by atomic mass is 79.9. The van der Waals surface area contributed by atoms with Crippen LogP contribution in [0.15, 0.2) is 168 Å². The lowest BCUT2D eigenvalue weighted by Crippen LogP contribution is -1.94. The van der Waals surface area contributed by atoms with Crippen LogP contribution < -0.4 is 0 Å². The predicted octanol–water partition coefficient (Wildman–Crippen LogP) is 12.0. The highest BCUT2D eigenvalue weighted by Crippen LogP contribution is 2.40. The fraction of sp³-hybridized carbons (Fsp3) is 0. The summed E-state index contributed by atoms with van der Waals surface area (Å²) in [4.78, 5) is 0. The van der Waals surface area contributed by atoms with Crippen molar-refractivity contribution in [1.82, 2.24) is 9.13 Å². The van der Waals surface area contributed by atoms with E-state index in [2.05, 4.69) is 189 Å². The van der Waals surface area contributed by atoms with E-state index in [0.717, 1.165) is 10.2 Å². The highest BCUT2D eigenvalue weighted by Gasteiger charge is 2.19. The molecule has 0 aliphatic rings. The molecule has 212 valence electrons. The minimum Gasteiger partial charge on any atom is -0.309 e. The molecule has 9 rings (SSSR count). The molecule has 0 unspecified atom stereocenters. The number of hydrogen-bond donors (Lipinski definition) is 0. The molecule has 2 heterocycles. The number of halogens is 1. The first-order valence-corrected chi connectivity index (χ1v) is 16.0. The molecule has 7 aromatic carbocycles. The summed E-state index contributed by atoms with van der Waals surface area (Å²) in [5.41, 5.74) is 12.0. The van der Waals surface area contributed by atoms with Crippen molar-refractivity contribution in [2.24, 2.45) is 0 Å². The number of nitrogens with zero attached hydrogens (tertiary/aromatic N) is 2. The standard InChI is InChI=1S/C42H27BrN2/c43-32-22-19-29(20-23-32)28-15-17-30(18-16-28)31-21-24-40-36(25-31)38-27-41-37(26-42(38)45(40)34-11-5-2-6-12-34)35-13-7-8-14-39(35)44(41)33-9-3-1-4-10-33/h1-27H. The first-order valence-electron chi connectivity index (χ1n) is 15.2. The Bertz CT molecular complexity index is 2500. The minimum atomic E-state index is 1.09. The van der Waals surface area contributed by atoms with Crippen LogP contribution in [0.4, 0.5) is 0 Å². The van der Waals surface area contributed by atoms with Gasteiger partial charge < -0.3 is 9.13 Å². The summed E-state index contributed by atoms with van der Waals surface area (Å²) in [7, 11) is 0. The van der Waals surface area contributed by atoms with Gasteiger partial charge in [-0.3, -0.25) is 0 Å². The number of aromatic nitrogens is 2. The Kier molecular flexibility index (Phi) is 6.00. The molecule has 0 radical (unpaired) electrons. The zero-order valence-corrected chi connectivity index (χ0v) is 25.9. The third-order valence-corrected chi connectivity index (χ3v) is 9.51. The van der Waals surface area contributed by atoms with Gasteiger partial charge in [-0.05, 0) is 89.0 Å². The second-order valence-corrected chi connectivity index (χ2v) is 12.5. The van der Waals surface area contributed by atoms with Crippen molar-refractivity contribution in [2.45, 2.75) is 0 Å². The molecule has 0 aliphatic heterocycles. The fourth-order valence-electron chi connectivity index (χ4n) is 6.87. The maximum absolute atomic E-state index is 3.55. The van der Waals surface area contributed by atoms with Crippen LogP contribution in [-0.2, 0) is 0 Å². The summed E-state index contributed by atoms with van der Waals surface area (Å²) in [6.45, 7) is 0. The van der Waals surface area contributed by atoms with Crippen LogP contribution >= 0.6 is 15.9 Å². The van der Waals surface area contributed by atoms with E-state index < -0.39 is 0 Å². The lowest BCUT2D eigenvalue weighted by molar-refractivity contribution is 1.17. The van der Waals surface area contributed by atoms with Crippen LogP contribution in [0.2, 0.25) is 0 Å². The van der Waals surface area contributed by atoms with Crippen LogP contribution in [0.3, 0.4) is 0 Å². The zero-order chi connectivity index (χ0) is 29.9. The van der Waals surface area contributed by atoms with Gasteiger partial charge in [-0.15, -0.1) is 0 Å². The third-order valence-electron chi connectivity index (χ3n) is 8.98. The van der Waals surface area contributed by atoms with Gasteiger partial charge in [0.15, 0.2) is 0 Å². The van der Waals surface area contributed by atoms with Crippen molar-refractivity contribution in [3.63, 3.8) is 0 Å². The molecule has 0 N–H and O–H groups in total. The van der Waals surface area contributed by atoms with Gasteiger partial charge >= 0.3 is 0 Å². The van der Waals surface area contributed by atoms with Crippen LogP contribution in [0.5, 0.6) is 0 Å². The molecule has 0 atom stereocenters. The van der Waals surface area contributed by atoms with E-state index >= 15 is 0 Å². The lowest BCUT2D eigenvalue weighted by atomic mass is 9.99. The van der Waals surface area contributed by atoms with Crippen molar-refractivity contribution in [3.05, 3.63) is 168 Å². The van der Waals surface area contributed by atoms with Gasteiger partial charge in [-0.2, -0.15) is 0 Å². The fourth-order valence-corrected chi connectivity index (χ4v) is 7.13. The van der Waals surface area contributed by atoms with E-state index in [9.17, 15) is 0 Å². The molecule has 0 fully saturated rings.